The molecule has 1 nitrogen and oxygen atoms in total. The second-order valence-corrected chi connectivity index (χ2v) is 5.49. The molecule has 2 rings (SSSR count). The largest absolute Gasteiger partial charge is 0.506 e. The smallest absolute Gasteiger partial charge is 0.134 e. The number of rotatable bonds is 1. The lowest BCUT2D eigenvalue weighted by atomic mass is 10.1. The monoisotopic (exact) mass is 340 g/mol. The fourth-order valence-electron chi connectivity index (χ4n) is 1.49. The molecule has 0 aliphatic heterocycles. The summed E-state index contributed by atoms with van der Waals surface area (Å²) in [5.41, 5.74) is 1.17. The highest BCUT2D eigenvalue weighted by molar-refractivity contribution is 6.51. The van der Waals surface area contributed by atoms with Crippen molar-refractivity contribution in [1.29, 1.82) is 0 Å². The first-order chi connectivity index (χ1) is 8.41. The van der Waals surface area contributed by atoms with Crippen molar-refractivity contribution in [2.45, 2.75) is 0 Å². The molecule has 2 aromatic carbocycles. The minimum Gasteiger partial charge on any atom is -0.506 e. The molecule has 0 heterocycles. The van der Waals surface area contributed by atoms with Gasteiger partial charge in [0.05, 0.1) is 25.1 Å². The van der Waals surface area contributed by atoms with Crippen LogP contribution in [0.4, 0.5) is 0 Å². The lowest BCUT2D eigenvalue weighted by Gasteiger charge is -2.11. The molecule has 2 aromatic rings. The molecule has 0 fully saturated rings. The van der Waals surface area contributed by atoms with E-state index in [2.05, 4.69) is 0 Å². The van der Waals surface area contributed by atoms with E-state index in [4.69, 9.17) is 58.0 Å². The number of hydrogen-bond acceptors (Lipinski definition) is 1. The summed E-state index contributed by atoms with van der Waals surface area (Å²) in [4.78, 5) is 0. The molecule has 18 heavy (non-hydrogen) atoms. The van der Waals surface area contributed by atoms with E-state index >= 15 is 0 Å². The van der Waals surface area contributed by atoms with Crippen molar-refractivity contribution >= 4 is 58.0 Å². The Bertz CT molecular complexity index is 624. The van der Waals surface area contributed by atoms with Gasteiger partial charge in [-0.1, -0.05) is 64.1 Å². The van der Waals surface area contributed by atoms with Gasteiger partial charge in [-0.2, -0.15) is 0 Å². The van der Waals surface area contributed by atoms with Crippen LogP contribution in [0.15, 0.2) is 24.3 Å². The average Bonchev–Trinajstić information content (AvgIpc) is 2.31. The Kier molecular flexibility index (Phi) is 4.20. The molecule has 1 N–H and O–H groups in total. The maximum atomic E-state index is 9.38. The number of aromatic hydroxyl groups is 1. The van der Waals surface area contributed by atoms with Crippen molar-refractivity contribution in [3.05, 3.63) is 49.4 Å². The molecular formula is C12H5Cl5O. The molecule has 0 saturated carbocycles. The summed E-state index contributed by atoms with van der Waals surface area (Å²) in [6.45, 7) is 0. The van der Waals surface area contributed by atoms with E-state index in [9.17, 15) is 5.11 Å². The summed E-state index contributed by atoms with van der Waals surface area (Å²) >= 11 is 29.9. The second-order valence-electron chi connectivity index (χ2n) is 3.51. The average molecular weight is 342 g/mol. The molecule has 0 spiro atoms. The van der Waals surface area contributed by atoms with E-state index in [1.807, 2.05) is 0 Å². The Hall–Kier alpha value is -0.310. The number of hydrogen-bond donors (Lipinski definition) is 1. The standard InChI is InChI=1S/C12H5Cl5O/c13-6-3-5(1-2-9(6)18)10-7(14)4-8(15)11(16)12(10)17/h1-4,18H. The zero-order valence-electron chi connectivity index (χ0n) is 8.65. The Morgan fingerprint density at radius 3 is 2.00 bits per heavy atom. The van der Waals surface area contributed by atoms with E-state index in [0.717, 1.165) is 0 Å². The van der Waals surface area contributed by atoms with Gasteiger partial charge in [0, 0.05) is 5.56 Å². The third kappa shape index (κ3) is 2.52. The number of phenolic OH excluding ortho intramolecular Hbond substituents is 1. The van der Waals surface area contributed by atoms with Crippen molar-refractivity contribution in [3.63, 3.8) is 0 Å². The third-order valence-electron chi connectivity index (χ3n) is 2.35. The van der Waals surface area contributed by atoms with Gasteiger partial charge in [0.25, 0.3) is 0 Å². The van der Waals surface area contributed by atoms with Gasteiger partial charge in [-0.15, -0.1) is 0 Å². The van der Waals surface area contributed by atoms with Gasteiger partial charge in [0.1, 0.15) is 5.75 Å². The summed E-state index contributed by atoms with van der Waals surface area (Å²) < 4.78 is 0. The fraction of sp³-hybridized carbons (Fsp3) is 0. The molecule has 0 atom stereocenters. The van der Waals surface area contributed by atoms with Crippen molar-refractivity contribution in [2.24, 2.45) is 0 Å². The number of phenols is 1. The minimum atomic E-state index is -0.0206. The summed E-state index contributed by atoms with van der Waals surface area (Å²) in [6.07, 6.45) is 0. The van der Waals surface area contributed by atoms with Gasteiger partial charge >= 0.3 is 0 Å². The molecule has 94 valence electrons. The Morgan fingerprint density at radius 1 is 0.722 bits per heavy atom. The van der Waals surface area contributed by atoms with Gasteiger partial charge in [-0.3, -0.25) is 0 Å². The molecule has 0 bridgehead atoms. The van der Waals surface area contributed by atoms with Crippen LogP contribution < -0.4 is 0 Å². The number of halogens is 5. The molecule has 0 aliphatic carbocycles. The van der Waals surface area contributed by atoms with Crippen molar-refractivity contribution in [3.8, 4) is 16.9 Å². The van der Waals surface area contributed by atoms with Crippen molar-refractivity contribution in [1.82, 2.24) is 0 Å². The Balaban J connectivity index is 2.71. The summed E-state index contributed by atoms with van der Waals surface area (Å²) in [6, 6.07) is 6.15. The van der Waals surface area contributed by atoms with E-state index in [1.54, 1.807) is 12.1 Å². The Labute approximate surface area is 129 Å². The highest BCUT2D eigenvalue weighted by Crippen LogP contribution is 2.44. The Morgan fingerprint density at radius 2 is 1.39 bits per heavy atom. The second kappa shape index (κ2) is 5.36. The number of benzene rings is 2. The SMILES string of the molecule is Oc1ccc(-c2c(Cl)cc(Cl)c(Cl)c2Cl)cc1Cl. The van der Waals surface area contributed by atoms with Crippen LogP contribution >= 0.6 is 58.0 Å². The topological polar surface area (TPSA) is 20.2 Å². The molecule has 0 unspecified atom stereocenters. The van der Waals surface area contributed by atoms with Crippen LogP contribution in [0.2, 0.25) is 25.1 Å². The van der Waals surface area contributed by atoms with Crippen LogP contribution in [0.5, 0.6) is 5.75 Å². The van der Waals surface area contributed by atoms with Crippen LogP contribution in [0.25, 0.3) is 11.1 Å². The highest BCUT2D eigenvalue weighted by atomic mass is 35.5. The predicted octanol–water partition coefficient (Wildman–Crippen LogP) is 6.33. The van der Waals surface area contributed by atoms with Crippen LogP contribution in [-0.4, -0.2) is 5.11 Å². The van der Waals surface area contributed by atoms with Crippen molar-refractivity contribution < 1.29 is 5.11 Å². The van der Waals surface area contributed by atoms with E-state index in [-0.39, 0.29) is 25.8 Å². The van der Waals surface area contributed by atoms with Crippen LogP contribution in [0.3, 0.4) is 0 Å². The van der Waals surface area contributed by atoms with E-state index in [0.29, 0.717) is 16.1 Å². The lowest BCUT2D eigenvalue weighted by Crippen LogP contribution is -1.85. The predicted molar refractivity (Wildman–Crippen MR) is 78.6 cm³/mol. The van der Waals surface area contributed by atoms with Crippen LogP contribution in [-0.2, 0) is 0 Å². The molecule has 0 amide bonds. The first kappa shape index (κ1) is 14.1. The summed E-state index contributed by atoms with van der Waals surface area (Å²) in [5, 5.41) is 10.7. The normalized spacial score (nSPS) is 10.7. The van der Waals surface area contributed by atoms with E-state index < -0.39 is 0 Å². The summed E-state index contributed by atoms with van der Waals surface area (Å²) in [5.74, 6) is -0.0206. The molecule has 0 saturated heterocycles. The van der Waals surface area contributed by atoms with Gasteiger partial charge in [0.15, 0.2) is 0 Å². The van der Waals surface area contributed by atoms with Crippen LogP contribution in [0.1, 0.15) is 0 Å². The zero-order valence-corrected chi connectivity index (χ0v) is 12.4. The first-order valence-corrected chi connectivity index (χ1v) is 6.62. The van der Waals surface area contributed by atoms with Gasteiger partial charge in [-0.05, 0) is 23.8 Å². The van der Waals surface area contributed by atoms with Gasteiger partial charge in [0.2, 0.25) is 0 Å². The lowest BCUT2D eigenvalue weighted by molar-refractivity contribution is 0.475. The molecule has 0 aliphatic rings. The molecule has 0 radical (unpaired) electrons. The van der Waals surface area contributed by atoms with E-state index in [1.165, 1.54) is 12.1 Å². The van der Waals surface area contributed by atoms with Crippen LogP contribution in [0, 0.1) is 0 Å². The fourth-order valence-corrected chi connectivity index (χ4v) is 2.80. The van der Waals surface area contributed by atoms with Gasteiger partial charge in [-0.25, -0.2) is 0 Å². The van der Waals surface area contributed by atoms with Gasteiger partial charge < -0.3 is 5.11 Å². The van der Waals surface area contributed by atoms with Crippen molar-refractivity contribution in [2.75, 3.05) is 0 Å². The summed E-state index contributed by atoms with van der Waals surface area (Å²) in [7, 11) is 0. The highest BCUT2D eigenvalue weighted by Gasteiger charge is 2.16. The molecule has 6 heteroatoms. The zero-order chi connectivity index (χ0) is 13.4. The molecular weight excluding hydrogens is 337 g/mol. The molecule has 0 aromatic heterocycles. The quantitative estimate of drug-likeness (QED) is 0.474. The maximum absolute atomic E-state index is 9.38. The first-order valence-electron chi connectivity index (χ1n) is 4.73. The minimum absolute atomic E-state index is 0.0206. The maximum Gasteiger partial charge on any atom is 0.134 e. The third-order valence-corrected chi connectivity index (χ3v) is 4.21.